The van der Waals surface area contributed by atoms with Gasteiger partial charge in [-0.2, -0.15) is 0 Å². The van der Waals surface area contributed by atoms with Crippen LogP contribution in [0.25, 0.3) is 11.0 Å². The molecule has 0 spiro atoms. The Balaban J connectivity index is 1.27. The number of rotatable bonds is 5. The Morgan fingerprint density at radius 3 is 2.86 bits per heavy atom. The molecule has 2 aliphatic rings. The van der Waals surface area contributed by atoms with Crippen LogP contribution >= 0.6 is 0 Å². The van der Waals surface area contributed by atoms with Gasteiger partial charge in [-0.1, -0.05) is 18.2 Å². The molecule has 1 saturated carbocycles. The first-order valence-electron chi connectivity index (χ1n) is 9.91. The summed E-state index contributed by atoms with van der Waals surface area (Å²) in [6, 6.07) is 12.1. The molecule has 1 unspecified atom stereocenters. The molecule has 0 radical (unpaired) electrons. The normalized spacial score (nSPS) is 20.7. The molecule has 1 amide bonds. The van der Waals surface area contributed by atoms with Gasteiger partial charge in [-0.3, -0.25) is 4.79 Å². The highest BCUT2D eigenvalue weighted by atomic mass is 16.2. The van der Waals surface area contributed by atoms with Gasteiger partial charge in [0, 0.05) is 31.0 Å². The number of fused-ring (bicyclic) bond motifs is 1. The quantitative estimate of drug-likeness (QED) is 0.637. The lowest BCUT2D eigenvalue weighted by Crippen LogP contribution is -2.52. The summed E-state index contributed by atoms with van der Waals surface area (Å²) < 4.78 is 0. The molecule has 1 aromatic carbocycles. The highest BCUT2D eigenvalue weighted by molar-refractivity contribution is 5.93. The van der Waals surface area contributed by atoms with E-state index in [1.807, 2.05) is 42.6 Å². The zero-order chi connectivity index (χ0) is 19.0. The molecule has 1 aliphatic carbocycles. The van der Waals surface area contributed by atoms with E-state index >= 15 is 0 Å². The zero-order valence-corrected chi connectivity index (χ0v) is 15.7. The van der Waals surface area contributed by atoms with E-state index in [1.54, 1.807) is 6.33 Å². The summed E-state index contributed by atoms with van der Waals surface area (Å²) in [5.74, 6) is 1.05. The molecule has 1 atom stereocenters. The van der Waals surface area contributed by atoms with Crippen LogP contribution in [0.3, 0.4) is 0 Å². The Morgan fingerprint density at radius 1 is 1.18 bits per heavy atom. The van der Waals surface area contributed by atoms with Crippen molar-refractivity contribution in [1.82, 2.24) is 20.3 Å². The van der Waals surface area contributed by atoms with Gasteiger partial charge in [-0.15, -0.1) is 0 Å². The van der Waals surface area contributed by atoms with E-state index in [-0.39, 0.29) is 11.9 Å². The van der Waals surface area contributed by atoms with Crippen LogP contribution in [0.5, 0.6) is 0 Å². The number of anilines is 2. The minimum Gasteiger partial charge on any atom is -0.371 e. The van der Waals surface area contributed by atoms with Crippen molar-refractivity contribution in [1.29, 1.82) is 0 Å². The summed E-state index contributed by atoms with van der Waals surface area (Å²) in [6.45, 7) is 1.71. The lowest BCUT2D eigenvalue weighted by Gasteiger charge is -2.35. The van der Waals surface area contributed by atoms with Crippen LogP contribution in [0.1, 0.15) is 25.7 Å². The Bertz CT molecular complexity index is 981. The molecule has 7 nitrogen and oxygen atoms in total. The number of H-pyrrole nitrogens is 1. The second-order valence-electron chi connectivity index (χ2n) is 7.77. The van der Waals surface area contributed by atoms with Crippen molar-refractivity contribution >= 4 is 28.4 Å². The SMILES string of the molecule is O=C(NC1CCCN(c2ncnc3[nH]ccc23)C1)C1(Nc2ccccc2)CC1. The predicted octanol–water partition coefficient (Wildman–Crippen LogP) is 2.69. The predicted molar refractivity (Wildman–Crippen MR) is 109 cm³/mol. The number of para-hydroxylation sites is 1. The fraction of sp³-hybridized carbons (Fsp3) is 0.381. The fourth-order valence-corrected chi connectivity index (χ4v) is 4.05. The number of nitrogens with one attached hydrogen (secondary N) is 3. The van der Waals surface area contributed by atoms with Crippen molar-refractivity contribution in [2.24, 2.45) is 0 Å². The molecule has 0 bridgehead atoms. The molecular weight excluding hydrogens is 352 g/mol. The van der Waals surface area contributed by atoms with Crippen molar-refractivity contribution in [2.75, 3.05) is 23.3 Å². The minimum absolute atomic E-state index is 0.109. The topological polar surface area (TPSA) is 85.9 Å². The number of nitrogens with zero attached hydrogens (tertiary/aromatic N) is 3. The summed E-state index contributed by atoms with van der Waals surface area (Å²) in [4.78, 5) is 27.2. The van der Waals surface area contributed by atoms with Crippen LogP contribution in [-0.4, -0.2) is 45.5 Å². The van der Waals surface area contributed by atoms with Gasteiger partial charge in [-0.25, -0.2) is 9.97 Å². The molecule has 1 saturated heterocycles. The molecule has 3 N–H and O–H groups in total. The number of benzene rings is 1. The van der Waals surface area contributed by atoms with E-state index < -0.39 is 5.54 Å². The summed E-state index contributed by atoms with van der Waals surface area (Å²) in [5, 5.41) is 7.75. The third kappa shape index (κ3) is 3.17. The first kappa shape index (κ1) is 17.0. The molecule has 7 heteroatoms. The number of carbonyl (C=O) groups is 1. The third-order valence-electron chi connectivity index (χ3n) is 5.73. The van der Waals surface area contributed by atoms with Gasteiger partial charge < -0.3 is 20.5 Å². The van der Waals surface area contributed by atoms with Crippen molar-refractivity contribution in [2.45, 2.75) is 37.3 Å². The van der Waals surface area contributed by atoms with Crippen LogP contribution in [0.4, 0.5) is 11.5 Å². The van der Waals surface area contributed by atoms with Gasteiger partial charge in [-0.05, 0) is 43.9 Å². The van der Waals surface area contributed by atoms with Crippen molar-refractivity contribution in [3.05, 3.63) is 48.9 Å². The van der Waals surface area contributed by atoms with Crippen LogP contribution in [-0.2, 0) is 4.79 Å². The highest BCUT2D eigenvalue weighted by Gasteiger charge is 2.50. The molecule has 2 fully saturated rings. The van der Waals surface area contributed by atoms with Crippen LogP contribution in [0, 0.1) is 0 Å². The largest absolute Gasteiger partial charge is 0.371 e. The van der Waals surface area contributed by atoms with Crippen LogP contribution in [0.2, 0.25) is 0 Å². The van der Waals surface area contributed by atoms with Gasteiger partial charge in [0.1, 0.15) is 23.3 Å². The van der Waals surface area contributed by atoms with Gasteiger partial charge in [0.15, 0.2) is 0 Å². The van der Waals surface area contributed by atoms with Gasteiger partial charge in [0.05, 0.1) is 5.39 Å². The van der Waals surface area contributed by atoms with Crippen molar-refractivity contribution < 1.29 is 4.79 Å². The van der Waals surface area contributed by atoms with Gasteiger partial charge in [0.2, 0.25) is 5.91 Å². The third-order valence-corrected chi connectivity index (χ3v) is 5.73. The number of aromatic nitrogens is 3. The number of carbonyl (C=O) groups excluding carboxylic acids is 1. The minimum atomic E-state index is -0.452. The zero-order valence-electron chi connectivity index (χ0n) is 15.7. The second kappa shape index (κ2) is 6.82. The number of hydrogen-bond acceptors (Lipinski definition) is 5. The molecule has 1 aliphatic heterocycles. The van der Waals surface area contributed by atoms with Crippen LogP contribution < -0.4 is 15.5 Å². The molecule has 28 heavy (non-hydrogen) atoms. The maximum Gasteiger partial charge on any atom is 0.245 e. The average Bonchev–Trinajstić information content (AvgIpc) is 3.34. The number of hydrogen-bond donors (Lipinski definition) is 3. The molecule has 3 heterocycles. The molecule has 144 valence electrons. The van der Waals surface area contributed by atoms with Gasteiger partial charge in [0.25, 0.3) is 0 Å². The first-order valence-corrected chi connectivity index (χ1v) is 9.91. The first-order chi connectivity index (χ1) is 13.7. The van der Waals surface area contributed by atoms with E-state index in [1.165, 1.54) is 0 Å². The smallest absolute Gasteiger partial charge is 0.245 e. The summed E-state index contributed by atoms with van der Waals surface area (Å²) in [6.07, 6.45) is 7.25. The van der Waals surface area contributed by atoms with Crippen molar-refractivity contribution in [3.63, 3.8) is 0 Å². The Kier molecular flexibility index (Phi) is 4.15. The second-order valence-corrected chi connectivity index (χ2v) is 7.77. The van der Waals surface area contributed by atoms with E-state index in [4.69, 9.17) is 0 Å². The van der Waals surface area contributed by atoms with Crippen LogP contribution in [0.15, 0.2) is 48.9 Å². The fourth-order valence-electron chi connectivity index (χ4n) is 4.05. The maximum atomic E-state index is 13.0. The lowest BCUT2D eigenvalue weighted by atomic mass is 10.0. The Morgan fingerprint density at radius 2 is 2.04 bits per heavy atom. The van der Waals surface area contributed by atoms with E-state index in [9.17, 15) is 4.79 Å². The molecule has 3 aromatic rings. The number of aromatic amines is 1. The molecular formula is C21H24N6O. The lowest BCUT2D eigenvalue weighted by molar-refractivity contribution is -0.123. The Hall–Kier alpha value is -3.09. The maximum absolute atomic E-state index is 13.0. The number of piperidine rings is 1. The summed E-state index contributed by atoms with van der Waals surface area (Å²) >= 11 is 0. The Labute approximate surface area is 163 Å². The molecule has 5 rings (SSSR count). The summed E-state index contributed by atoms with van der Waals surface area (Å²) in [7, 11) is 0. The average molecular weight is 376 g/mol. The van der Waals surface area contributed by atoms with Gasteiger partial charge >= 0.3 is 0 Å². The monoisotopic (exact) mass is 376 g/mol. The number of amides is 1. The molecule has 2 aromatic heterocycles. The standard InChI is InChI=1S/C21H24N6O/c28-20(21(9-10-21)26-15-5-2-1-3-6-15)25-16-7-4-12-27(13-16)19-17-8-11-22-18(17)23-14-24-19/h1-3,5-6,8,11,14,16,26H,4,7,9-10,12-13H2,(H,25,28)(H,22,23,24). The summed E-state index contributed by atoms with van der Waals surface area (Å²) in [5.41, 5.74) is 1.39. The van der Waals surface area contributed by atoms with E-state index in [0.29, 0.717) is 0 Å². The van der Waals surface area contributed by atoms with E-state index in [0.717, 1.165) is 61.3 Å². The van der Waals surface area contributed by atoms with Crippen molar-refractivity contribution in [3.8, 4) is 0 Å². The van der Waals surface area contributed by atoms with E-state index in [2.05, 4.69) is 30.5 Å². The highest BCUT2D eigenvalue weighted by Crippen LogP contribution is 2.39.